The van der Waals surface area contributed by atoms with Crippen LogP contribution in [0, 0.1) is 5.92 Å². The minimum absolute atomic E-state index is 0.0439. The van der Waals surface area contributed by atoms with Crippen LogP contribution in [-0.2, 0) is 9.59 Å². The van der Waals surface area contributed by atoms with E-state index < -0.39 is 0 Å². The molecule has 0 aliphatic carbocycles. The van der Waals surface area contributed by atoms with Gasteiger partial charge in [-0.3, -0.25) is 14.6 Å². The second kappa shape index (κ2) is 4.99. The summed E-state index contributed by atoms with van der Waals surface area (Å²) in [5.41, 5.74) is 0.477. The molecule has 1 unspecified atom stereocenters. The quantitative estimate of drug-likeness (QED) is 0.880. The topological polar surface area (TPSA) is 62.3 Å². The van der Waals surface area contributed by atoms with E-state index in [9.17, 15) is 9.59 Å². The van der Waals surface area contributed by atoms with Crippen LogP contribution in [0.25, 0.3) is 0 Å². The number of aromatic nitrogens is 1. The molecule has 2 rings (SSSR count). The maximum Gasteiger partial charge on any atom is 0.229 e. The lowest BCUT2D eigenvalue weighted by Crippen LogP contribution is -2.42. The van der Waals surface area contributed by atoms with Gasteiger partial charge in [0.1, 0.15) is 0 Å². The highest BCUT2D eigenvalue weighted by Crippen LogP contribution is 2.26. The molecule has 2 amide bonds. The average Bonchev–Trinajstić information content (AvgIpc) is 2.72. The number of carbonyl (C=O) groups is 2. The number of pyridine rings is 1. The SMILES string of the molecule is CC(C)(C)N1CC(C(=O)Nc2ccncc2)CC1=O. The van der Waals surface area contributed by atoms with Crippen molar-refractivity contribution in [2.45, 2.75) is 32.7 Å². The van der Waals surface area contributed by atoms with Crippen LogP contribution < -0.4 is 5.32 Å². The van der Waals surface area contributed by atoms with E-state index in [2.05, 4.69) is 10.3 Å². The summed E-state index contributed by atoms with van der Waals surface area (Å²) in [4.78, 5) is 29.7. The summed E-state index contributed by atoms with van der Waals surface area (Å²) < 4.78 is 0. The summed E-state index contributed by atoms with van der Waals surface area (Å²) in [5.74, 6) is -0.339. The van der Waals surface area contributed by atoms with Gasteiger partial charge in [0.25, 0.3) is 0 Å². The number of anilines is 1. The van der Waals surface area contributed by atoms with Crippen molar-refractivity contribution in [2.24, 2.45) is 5.92 Å². The number of nitrogens with one attached hydrogen (secondary N) is 1. The Balaban J connectivity index is 2.01. The molecule has 0 bridgehead atoms. The van der Waals surface area contributed by atoms with Gasteiger partial charge in [-0.25, -0.2) is 0 Å². The zero-order chi connectivity index (χ0) is 14.0. The second-order valence-corrected chi connectivity index (χ2v) is 5.80. The molecule has 1 N–H and O–H groups in total. The highest BCUT2D eigenvalue weighted by molar-refractivity contribution is 5.97. The fourth-order valence-electron chi connectivity index (χ4n) is 2.21. The maximum atomic E-state index is 12.1. The summed E-state index contributed by atoms with van der Waals surface area (Å²) in [7, 11) is 0. The fraction of sp³-hybridized carbons (Fsp3) is 0.500. The van der Waals surface area contributed by atoms with Crippen LogP contribution in [-0.4, -0.2) is 33.8 Å². The molecule has 19 heavy (non-hydrogen) atoms. The smallest absolute Gasteiger partial charge is 0.229 e. The van der Waals surface area contributed by atoms with Crippen molar-refractivity contribution in [1.29, 1.82) is 0 Å². The highest BCUT2D eigenvalue weighted by atomic mass is 16.2. The number of hydrogen-bond acceptors (Lipinski definition) is 3. The molecule has 1 aliphatic heterocycles. The molecule has 5 nitrogen and oxygen atoms in total. The molecule has 1 aliphatic rings. The minimum atomic E-state index is -0.278. The molecule has 1 aromatic rings. The summed E-state index contributed by atoms with van der Waals surface area (Å²) in [6, 6.07) is 3.46. The summed E-state index contributed by atoms with van der Waals surface area (Å²) in [6.07, 6.45) is 3.53. The van der Waals surface area contributed by atoms with Gasteiger partial charge in [0.05, 0.1) is 5.92 Å². The van der Waals surface area contributed by atoms with Crippen molar-refractivity contribution in [3.63, 3.8) is 0 Å². The molecule has 102 valence electrons. The Hall–Kier alpha value is -1.91. The van der Waals surface area contributed by atoms with Gasteiger partial charge in [-0.05, 0) is 32.9 Å². The van der Waals surface area contributed by atoms with E-state index in [0.717, 1.165) is 0 Å². The predicted molar refractivity (Wildman–Crippen MR) is 72.4 cm³/mol. The number of hydrogen-bond donors (Lipinski definition) is 1. The maximum absolute atomic E-state index is 12.1. The van der Waals surface area contributed by atoms with E-state index in [1.54, 1.807) is 29.4 Å². The lowest BCUT2D eigenvalue weighted by Gasteiger charge is -2.31. The van der Waals surface area contributed by atoms with Crippen LogP contribution in [0.4, 0.5) is 5.69 Å². The Labute approximate surface area is 113 Å². The van der Waals surface area contributed by atoms with Crippen LogP contribution in [0.15, 0.2) is 24.5 Å². The number of amides is 2. The van der Waals surface area contributed by atoms with Gasteiger partial charge in [-0.2, -0.15) is 0 Å². The molecule has 1 atom stereocenters. The summed E-state index contributed by atoms with van der Waals surface area (Å²) >= 11 is 0. The second-order valence-electron chi connectivity index (χ2n) is 5.80. The van der Waals surface area contributed by atoms with Gasteiger partial charge in [0.15, 0.2) is 0 Å². The van der Waals surface area contributed by atoms with E-state index in [-0.39, 0.29) is 29.7 Å². The first-order chi connectivity index (χ1) is 8.88. The molecule has 1 saturated heterocycles. The third-order valence-electron chi connectivity index (χ3n) is 3.25. The van der Waals surface area contributed by atoms with Gasteiger partial charge < -0.3 is 10.2 Å². The Morgan fingerprint density at radius 2 is 2.00 bits per heavy atom. The first kappa shape index (κ1) is 13.5. The van der Waals surface area contributed by atoms with Crippen LogP contribution >= 0.6 is 0 Å². The molecule has 0 spiro atoms. The van der Waals surface area contributed by atoms with Gasteiger partial charge in [0.2, 0.25) is 11.8 Å². The first-order valence-electron chi connectivity index (χ1n) is 6.39. The van der Waals surface area contributed by atoms with E-state index >= 15 is 0 Å². The zero-order valence-corrected chi connectivity index (χ0v) is 11.5. The number of rotatable bonds is 2. The lowest BCUT2D eigenvalue weighted by molar-refractivity contribution is -0.131. The van der Waals surface area contributed by atoms with Gasteiger partial charge >= 0.3 is 0 Å². The fourth-order valence-corrected chi connectivity index (χ4v) is 2.21. The molecule has 1 aromatic heterocycles. The van der Waals surface area contributed by atoms with Crippen LogP contribution in [0.2, 0.25) is 0 Å². The third-order valence-corrected chi connectivity index (χ3v) is 3.25. The van der Waals surface area contributed by atoms with E-state index in [4.69, 9.17) is 0 Å². The molecule has 0 radical (unpaired) electrons. The minimum Gasteiger partial charge on any atom is -0.337 e. The van der Waals surface area contributed by atoms with Crippen molar-refractivity contribution < 1.29 is 9.59 Å². The van der Waals surface area contributed by atoms with Crippen LogP contribution in [0.1, 0.15) is 27.2 Å². The molecule has 5 heteroatoms. The summed E-state index contributed by atoms with van der Waals surface area (Å²) in [6.45, 7) is 6.43. The van der Waals surface area contributed by atoms with Gasteiger partial charge in [-0.1, -0.05) is 0 Å². The molecule has 1 fully saturated rings. The van der Waals surface area contributed by atoms with Crippen molar-refractivity contribution in [3.8, 4) is 0 Å². The number of carbonyl (C=O) groups excluding carboxylic acids is 2. The Morgan fingerprint density at radius 1 is 1.37 bits per heavy atom. The van der Waals surface area contributed by atoms with Crippen LogP contribution in [0.5, 0.6) is 0 Å². The predicted octanol–water partition coefficient (Wildman–Crippen LogP) is 1.67. The average molecular weight is 261 g/mol. The van der Waals surface area contributed by atoms with Gasteiger partial charge in [-0.15, -0.1) is 0 Å². The molecule has 0 aromatic carbocycles. The zero-order valence-electron chi connectivity index (χ0n) is 11.5. The Kier molecular flexibility index (Phi) is 3.55. The highest BCUT2D eigenvalue weighted by Gasteiger charge is 2.39. The monoisotopic (exact) mass is 261 g/mol. The molecule has 0 saturated carbocycles. The van der Waals surface area contributed by atoms with Crippen molar-refractivity contribution >= 4 is 17.5 Å². The Morgan fingerprint density at radius 3 is 2.53 bits per heavy atom. The largest absolute Gasteiger partial charge is 0.337 e. The first-order valence-corrected chi connectivity index (χ1v) is 6.39. The van der Waals surface area contributed by atoms with Crippen LogP contribution in [0.3, 0.4) is 0 Å². The van der Waals surface area contributed by atoms with Crippen molar-refractivity contribution in [3.05, 3.63) is 24.5 Å². The molecular formula is C14H19N3O2. The van der Waals surface area contributed by atoms with Crippen molar-refractivity contribution in [1.82, 2.24) is 9.88 Å². The Bertz CT molecular complexity index is 479. The number of likely N-dealkylation sites (tertiary alicyclic amines) is 1. The van der Waals surface area contributed by atoms with Gasteiger partial charge in [0, 0.05) is 36.6 Å². The molecular weight excluding hydrogens is 242 g/mol. The van der Waals surface area contributed by atoms with Crippen molar-refractivity contribution in [2.75, 3.05) is 11.9 Å². The van der Waals surface area contributed by atoms with E-state index in [0.29, 0.717) is 12.2 Å². The van der Waals surface area contributed by atoms with E-state index in [1.165, 1.54) is 0 Å². The number of nitrogens with zero attached hydrogens (tertiary/aromatic N) is 2. The normalized spacial score (nSPS) is 19.6. The lowest BCUT2D eigenvalue weighted by atomic mass is 10.1. The third kappa shape index (κ3) is 3.10. The standard InChI is InChI=1S/C14H19N3O2/c1-14(2,3)17-9-10(8-12(17)18)13(19)16-11-4-6-15-7-5-11/h4-7,10H,8-9H2,1-3H3,(H,15,16,19). The summed E-state index contributed by atoms with van der Waals surface area (Å²) in [5, 5.41) is 2.82. The molecule has 2 heterocycles. The van der Waals surface area contributed by atoms with E-state index in [1.807, 2.05) is 20.8 Å².